The molecule has 9 heteroatoms. The molecule has 2 atom stereocenters. The van der Waals surface area contributed by atoms with E-state index in [-0.39, 0.29) is 34.8 Å². The molecule has 0 saturated carbocycles. The van der Waals surface area contributed by atoms with E-state index in [0.29, 0.717) is 13.1 Å². The molecule has 2 rings (SSSR count). The maximum Gasteiger partial charge on any atom is 0.393 e. The molecule has 0 radical (unpaired) electrons. The summed E-state index contributed by atoms with van der Waals surface area (Å²) in [4.78, 5) is 0.0220. The van der Waals surface area contributed by atoms with Crippen molar-refractivity contribution in [2.45, 2.75) is 43.3 Å². The molecule has 0 aromatic heterocycles. The Kier molecular flexibility index (Phi) is 7.10. The molecule has 1 fully saturated rings. The zero-order valence-corrected chi connectivity index (χ0v) is 14.9. The summed E-state index contributed by atoms with van der Waals surface area (Å²) in [6, 6.07) is 4.82. The Labute approximate surface area is 146 Å². The molecule has 0 aliphatic carbocycles. The van der Waals surface area contributed by atoms with Crippen molar-refractivity contribution in [1.29, 1.82) is 0 Å². The molecule has 1 aliphatic heterocycles. The highest BCUT2D eigenvalue weighted by Gasteiger charge is 2.32. The molecule has 0 spiro atoms. The third kappa shape index (κ3) is 5.34. The van der Waals surface area contributed by atoms with E-state index in [0.717, 1.165) is 12.8 Å². The summed E-state index contributed by atoms with van der Waals surface area (Å²) in [7, 11) is -3.69. The van der Waals surface area contributed by atoms with E-state index >= 15 is 0 Å². The molecule has 0 amide bonds. The van der Waals surface area contributed by atoms with Crippen molar-refractivity contribution in [1.82, 2.24) is 4.31 Å². The number of sulfonamides is 1. The molecule has 1 aliphatic rings. The third-order valence-electron chi connectivity index (χ3n) is 4.13. The minimum absolute atomic E-state index is 0. The van der Waals surface area contributed by atoms with Crippen LogP contribution in [0.3, 0.4) is 0 Å². The van der Waals surface area contributed by atoms with E-state index in [2.05, 4.69) is 0 Å². The van der Waals surface area contributed by atoms with Crippen molar-refractivity contribution in [2.24, 2.45) is 11.7 Å². The van der Waals surface area contributed by atoms with E-state index in [1.807, 2.05) is 6.92 Å². The highest BCUT2D eigenvalue weighted by Crippen LogP contribution is 2.26. The summed E-state index contributed by atoms with van der Waals surface area (Å²) < 4.78 is 63.6. The van der Waals surface area contributed by atoms with E-state index < -0.39 is 22.6 Å². The molecule has 1 aromatic carbocycles. The predicted molar refractivity (Wildman–Crippen MR) is 88.6 cm³/mol. The van der Waals surface area contributed by atoms with Gasteiger partial charge in [0, 0.05) is 19.1 Å². The van der Waals surface area contributed by atoms with Crippen LogP contribution in [-0.2, 0) is 16.4 Å². The van der Waals surface area contributed by atoms with Crippen molar-refractivity contribution in [2.75, 3.05) is 13.1 Å². The van der Waals surface area contributed by atoms with Gasteiger partial charge in [-0.25, -0.2) is 8.42 Å². The fourth-order valence-electron chi connectivity index (χ4n) is 2.78. The van der Waals surface area contributed by atoms with E-state index in [1.54, 1.807) is 0 Å². The maximum absolute atomic E-state index is 12.6. The van der Waals surface area contributed by atoms with Crippen LogP contribution in [0.1, 0.15) is 25.3 Å². The van der Waals surface area contributed by atoms with Gasteiger partial charge < -0.3 is 5.73 Å². The van der Waals surface area contributed by atoms with Gasteiger partial charge in [0.1, 0.15) is 0 Å². The number of nitrogens with zero attached hydrogens (tertiary/aromatic N) is 1. The highest BCUT2D eigenvalue weighted by molar-refractivity contribution is 7.89. The summed E-state index contributed by atoms with van der Waals surface area (Å²) in [5.41, 5.74) is 5.91. The Bertz CT molecular complexity index is 633. The summed E-state index contributed by atoms with van der Waals surface area (Å²) in [5, 5.41) is 0. The molecular formula is C15H22ClF3N2O2S. The Morgan fingerprint density at radius 3 is 2.38 bits per heavy atom. The zero-order chi connectivity index (χ0) is 17.3. The van der Waals surface area contributed by atoms with Gasteiger partial charge in [-0.3, -0.25) is 0 Å². The summed E-state index contributed by atoms with van der Waals surface area (Å²) in [5.74, 6) is 0.100. The normalized spacial score (nSPS) is 21.1. The van der Waals surface area contributed by atoms with Crippen LogP contribution in [0.2, 0.25) is 0 Å². The van der Waals surface area contributed by atoms with Crippen LogP contribution in [0.5, 0.6) is 0 Å². The summed E-state index contributed by atoms with van der Waals surface area (Å²) >= 11 is 0. The van der Waals surface area contributed by atoms with Crippen LogP contribution >= 0.6 is 12.4 Å². The first-order valence-electron chi connectivity index (χ1n) is 7.51. The van der Waals surface area contributed by atoms with Gasteiger partial charge in [-0.15, -0.1) is 12.4 Å². The lowest BCUT2D eigenvalue weighted by Gasteiger charge is -2.33. The van der Waals surface area contributed by atoms with Crippen molar-refractivity contribution >= 4 is 22.4 Å². The van der Waals surface area contributed by atoms with Gasteiger partial charge in [-0.1, -0.05) is 12.1 Å². The zero-order valence-electron chi connectivity index (χ0n) is 13.3. The summed E-state index contributed by atoms with van der Waals surface area (Å²) in [6.07, 6.45) is -3.76. The third-order valence-corrected chi connectivity index (χ3v) is 6.01. The first-order valence-corrected chi connectivity index (χ1v) is 8.95. The average molecular weight is 387 g/mol. The Morgan fingerprint density at radius 1 is 1.29 bits per heavy atom. The number of rotatable bonds is 4. The highest BCUT2D eigenvalue weighted by atomic mass is 35.5. The number of piperidine rings is 1. The molecular weight excluding hydrogens is 365 g/mol. The molecule has 1 aromatic rings. The topological polar surface area (TPSA) is 63.4 Å². The number of benzene rings is 1. The van der Waals surface area contributed by atoms with Gasteiger partial charge in [-0.2, -0.15) is 17.5 Å². The van der Waals surface area contributed by atoms with Crippen molar-refractivity contribution < 1.29 is 21.6 Å². The Hall–Kier alpha value is -0.830. The second kappa shape index (κ2) is 8.03. The molecule has 138 valence electrons. The Morgan fingerprint density at radius 2 is 1.88 bits per heavy atom. The van der Waals surface area contributed by atoms with E-state index in [1.165, 1.54) is 28.6 Å². The SMILES string of the molecule is CC(N)C1CCCN(S(=O)(=O)c2ccc(CC(F)(F)F)cc2)C1.Cl. The lowest BCUT2D eigenvalue weighted by atomic mass is 9.93. The lowest BCUT2D eigenvalue weighted by Crippen LogP contribution is -2.44. The monoisotopic (exact) mass is 386 g/mol. The van der Waals surface area contributed by atoms with Crippen LogP contribution < -0.4 is 5.73 Å². The van der Waals surface area contributed by atoms with Crippen molar-refractivity contribution in [3.8, 4) is 0 Å². The number of hydrogen-bond acceptors (Lipinski definition) is 3. The van der Waals surface area contributed by atoms with E-state index in [9.17, 15) is 21.6 Å². The fraction of sp³-hybridized carbons (Fsp3) is 0.600. The lowest BCUT2D eigenvalue weighted by molar-refractivity contribution is -0.127. The van der Waals surface area contributed by atoms with Crippen LogP contribution in [-0.4, -0.2) is 38.0 Å². The van der Waals surface area contributed by atoms with Gasteiger partial charge in [0.2, 0.25) is 10.0 Å². The molecule has 2 N–H and O–H groups in total. The van der Waals surface area contributed by atoms with Crippen molar-refractivity contribution in [3.05, 3.63) is 29.8 Å². The predicted octanol–water partition coefficient (Wildman–Crippen LogP) is 2.96. The first-order chi connectivity index (χ1) is 10.6. The van der Waals surface area contributed by atoms with Gasteiger partial charge in [0.05, 0.1) is 11.3 Å². The minimum atomic E-state index is -4.31. The van der Waals surface area contributed by atoms with Crippen LogP contribution in [0.25, 0.3) is 0 Å². The van der Waals surface area contributed by atoms with Gasteiger partial charge in [-0.05, 0) is 43.4 Å². The van der Waals surface area contributed by atoms with Crippen LogP contribution in [0, 0.1) is 5.92 Å². The van der Waals surface area contributed by atoms with Gasteiger partial charge >= 0.3 is 6.18 Å². The fourth-order valence-corrected chi connectivity index (χ4v) is 4.32. The van der Waals surface area contributed by atoms with Crippen LogP contribution in [0.4, 0.5) is 13.2 Å². The smallest absolute Gasteiger partial charge is 0.328 e. The standard InChI is InChI=1S/C15H21F3N2O2S.ClH/c1-11(19)13-3-2-8-20(10-13)23(21,22)14-6-4-12(5-7-14)9-15(16,17)18;/h4-7,11,13H,2-3,8-10,19H2,1H3;1H. The second-order valence-electron chi connectivity index (χ2n) is 6.06. The minimum Gasteiger partial charge on any atom is -0.328 e. The average Bonchev–Trinajstić information content (AvgIpc) is 2.46. The second-order valence-corrected chi connectivity index (χ2v) is 8.00. The van der Waals surface area contributed by atoms with Crippen molar-refractivity contribution in [3.63, 3.8) is 0 Å². The van der Waals surface area contributed by atoms with Gasteiger partial charge in [0.15, 0.2) is 0 Å². The number of halogens is 4. The first kappa shape index (κ1) is 21.2. The maximum atomic E-state index is 12.6. The largest absolute Gasteiger partial charge is 0.393 e. The number of hydrogen-bond donors (Lipinski definition) is 1. The van der Waals surface area contributed by atoms with Crippen LogP contribution in [0.15, 0.2) is 29.2 Å². The number of alkyl halides is 3. The Balaban J connectivity index is 0.00000288. The number of nitrogens with two attached hydrogens (primary N) is 1. The summed E-state index contributed by atoms with van der Waals surface area (Å²) in [6.45, 7) is 2.62. The molecule has 0 bridgehead atoms. The molecule has 1 saturated heterocycles. The van der Waals surface area contributed by atoms with E-state index in [4.69, 9.17) is 5.73 Å². The van der Waals surface area contributed by atoms with Gasteiger partial charge in [0.25, 0.3) is 0 Å². The molecule has 4 nitrogen and oxygen atoms in total. The molecule has 1 heterocycles. The molecule has 2 unspecified atom stereocenters. The molecule has 24 heavy (non-hydrogen) atoms. The quantitative estimate of drug-likeness (QED) is 0.865.